The third-order valence-electron chi connectivity index (χ3n) is 7.07. The van der Waals surface area contributed by atoms with Crippen LogP contribution in [0.3, 0.4) is 0 Å². The monoisotopic (exact) mass is 458 g/mol. The van der Waals surface area contributed by atoms with E-state index in [4.69, 9.17) is 12.9 Å². The van der Waals surface area contributed by atoms with Crippen LogP contribution in [0.15, 0.2) is 69.6 Å². The minimum atomic E-state index is -1.59. The molecule has 3 nitrogen and oxygen atoms in total. The average molecular weight is 459 g/mol. The topological polar surface area (TPSA) is 35.5 Å². The van der Waals surface area contributed by atoms with Gasteiger partial charge in [0.25, 0.3) is 0 Å². The molecule has 0 aliphatic heterocycles. The van der Waals surface area contributed by atoms with Gasteiger partial charge in [-0.25, -0.2) is 0 Å². The van der Waals surface area contributed by atoms with Crippen LogP contribution in [0.1, 0.15) is 59.4 Å². The molecule has 3 atom stereocenters. The number of fused-ring (bicyclic) bond motifs is 3. The zero-order valence-corrected chi connectivity index (χ0v) is 20.5. The Morgan fingerprint density at radius 2 is 1.52 bits per heavy atom. The molecule has 0 amide bonds. The molecule has 1 aliphatic rings. The highest BCUT2D eigenvalue weighted by molar-refractivity contribution is 7.31. The molecule has 33 heavy (non-hydrogen) atoms. The summed E-state index contributed by atoms with van der Waals surface area (Å²) in [7, 11) is -1.59. The van der Waals surface area contributed by atoms with Gasteiger partial charge in [-0.3, -0.25) is 4.52 Å². The van der Waals surface area contributed by atoms with Gasteiger partial charge in [-0.05, 0) is 73.6 Å². The molecule has 1 aromatic heterocycles. The van der Waals surface area contributed by atoms with Crippen molar-refractivity contribution in [3.63, 3.8) is 0 Å². The zero-order valence-electron chi connectivity index (χ0n) is 19.6. The molecule has 1 aliphatic carbocycles. The van der Waals surface area contributed by atoms with Crippen molar-refractivity contribution in [2.45, 2.75) is 58.5 Å². The van der Waals surface area contributed by atoms with Crippen molar-refractivity contribution in [1.82, 2.24) is 0 Å². The van der Waals surface area contributed by atoms with Crippen molar-refractivity contribution < 1.29 is 12.9 Å². The number of aryl methyl sites for hydroxylation is 3. The van der Waals surface area contributed by atoms with Crippen LogP contribution in [0, 0.1) is 20.8 Å². The van der Waals surface area contributed by atoms with Crippen LogP contribution in [-0.2, 0) is 0 Å². The van der Waals surface area contributed by atoms with Crippen molar-refractivity contribution >= 4 is 36.3 Å². The fourth-order valence-corrected chi connectivity index (χ4v) is 6.34. The normalized spacial score (nSPS) is 19.1. The fraction of sp³-hybridized carbons (Fsp3) is 0.310. The van der Waals surface area contributed by atoms with Gasteiger partial charge < -0.3 is 8.39 Å². The number of rotatable bonds is 4. The van der Waals surface area contributed by atoms with E-state index in [1.54, 1.807) is 0 Å². The fourth-order valence-electron chi connectivity index (χ4n) is 5.12. The van der Waals surface area contributed by atoms with Crippen LogP contribution in [0.5, 0.6) is 0 Å². The first-order chi connectivity index (χ1) is 16.1. The Hall–Kier alpha value is -2.74. The van der Waals surface area contributed by atoms with Gasteiger partial charge in [0, 0.05) is 16.7 Å². The molecule has 5 rings (SSSR count). The average Bonchev–Trinajstić information content (AvgIpc) is 2.99. The van der Waals surface area contributed by atoms with E-state index in [2.05, 4.69) is 75.9 Å². The Morgan fingerprint density at radius 1 is 0.848 bits per heavy atom. The first kappa shape index (κ1) is 22.1. The molecule has 1 saturated carbocycles. The minimum Gasteiger partial charge on any atom is -0.399 e. The standard InChI is InChI=1S/C29H31O3P/c1-5-23-20(3)16-18-27-29(23)28-21(4)19(2)15-17-26(28)31-33(32-27)30-25-14-10-9-13-24(25)22-11-7-6-8-12-22/h5-8,11-12,15-18,24-25H,1,9-10,13-14H2,2-4H3/t24-,25+,33?/m1/s1. The molecule has 0 bridgehead atoms. The lowest BCUT2D eigenvalue weighted by atomic mass is 9.82. The first-order valence-electron chi connectivity index (χ1n) is 11.8. The van der Waals surface area contributed by atoms with Crippen molar-refractivity contribution in [1.29, 1.82) is 0 Å². The van der Waals surface area contributed by atoms with E-state index in [1.807, 2.05) is 12.1 Å². The van der Waals surface area contributed by atoms with Crippen LogP contribution in [0.25, 0.3) is 28.0 Å². The second-order valence-corrected chi connectivity index (χ2v) is 10.1. The molecule has 0 N–H and O–H groups in total. The van der Waals surface area contributed by atoms with Gasteiger partial charge in [-0.15, -0.1) is 0 Å². The Morgan fingerprint density at radius 3 is 2.24 bits per heavy atom. The molecule has 1 heterocycles. The van der Waals surface area contributed by atoms with E-state index in [-0.39, 0.29) is 6.10 Å². The van der Waals surface area contributed by atoms with Gasteiger partial charge in [-0.1, -0.05) is 68.0 Å². The number of hydrogen-bond donors (Lipinski definition) is 0. The Balaban J connectivity index is 1.70. The van der Waals surface area contributed by atoms with Crippen molar-refractivity contribution in [2.75, 3.05) is 0 Å². The smallest absolute Gasteiger partial charge is 0.387 e. The lowest BCUT2D eigenvalue weighted by Gasteiger charge is -2.30. The van der Waals surface area contributed by atoms with Crippen LogP contribution in [-0.4, -0.2) is 6.10 Å². The van der Waals surface area contributed by atoms with Gasteiger partial charge in [0.05, 0.1) is 6.10 Å². The summed E-state index contributed by atoms with van der Waals surface area (Å²) in [6, 6.07) is 19.0. The van der Waals surface area contributed by atoms with Crippen molar-refractivity contribution in [3.8, 4) is 0 Å². The van der Waals surface area contributed by atoms with E-state index in [0.717, 1.165) is 40.3 Å². The Labute approximate surface area is 196 Å². The van der Waals surface area contributed by atoms with Gasteiger partial charge in [-0.2, -0.15) is 0 Å². The molecular formula is C29H31O3P. The summed E-state index contributed by atoms with van der Waals surface area (Å²) in [5, 5.41) is 2.14. The van der Waals surface area contributed by atoms with Crippen molar-refractivity contribution in [3.05, 3.63) is 89.0 Å². The van der Waals surface area contributed by atoms with Gasteiger partial charge in [0.2, 0.25) is 0 Å². The molecular weight excluding hydrogens is 427 g/mol. The maximum absolute atomic E-state index is 6.66. The van der Waals surface area contributed by atoms with E-state index < -0.39 is 8.24 Å². The van der Waals surface area contributed by atoms with Crippen LogP contribution in [0.4, 0.5) is 0 Å². The maximum Gasteiger partial charge on any atom is 0.387 e. The zero-order chi connectivity index (χ0) is 22.9. The van der Waals surface area contributed by atoms with E-state index in [0.29, 0.717) is 5.92 Å². The molecule has 1 fully saturated rings. The largest absolute Gasteiger partial charge is 0.399 e. The molecule has 1 unspecified atom stereocenters. The maximum atomic E-state index is 6.66. The third-order valence-corrected chi connectivity index (χ3v) is 8.21. The van der Waals surface area contributed by atoms with E-state index >= 15 is 0 Å². The highest BCUT2D eigenvalue weighted by Gasteiger charge is 2.29. The lowest BCUT2D eigenvalue weighted by Crippen LogP contribution is -2.27. The van der Waals surface area contributed by atoms with Crippen molar-refractivity contribution in [2.24, 2.45) is 0 Å². The summed E-state index contributed by atoms with van der Waals surface area (Å²) in [5.74, 6) is 0.360. The van der Waals surface area contributed by atoms with E-state index in [1.165, 1.54) is 35.1 Å². The van der Waals surface area contributed by atoms with Crippen LogP contribution in [0.2, 0.25) is 0 Å². The summed E-state index contributed by atoms with van der Waals surface area (Å²) < 4.78 is 19.6. The van der Waals surface area contributed by atoms with E-state index in [9.17, 15) is 0 Å². The van der Waals surface area contributed by atoms with Gasteiger partial charge >= 0.3 is 8.24 Å². The van der Waals surface area contributed by atoms with Crippen LogP contribution < -0.4 is 4.52 Å². The molecule has 4 aromatic rings. The molecule has 0 saturated heterocycles. The molecule has 170 valence electrons. The molecule has 0 spiro atoms. The molecule has 0 radical (unpaired) electrons. The summed E-state index contributed by atoms with van der Waals surface area (Å²) in [5.41, 5.74) is 7.64. The second-order valence-electron chi connectivity index (χ2n) is 9.11. The predicted octanol–water partition coefficient (Wildman–Crippen LogP) is 9.01. The minimum absolute atomic E-state index is 0.0770. The predicted molar refractivity (Wildman–Crippen MR) is 139 cm³/mol. The SMILES string of the molecule is C=Cc1c(C)ccc2op(O[C@H]3CCCC[C@@H]3c3ccccc3)oc3ccc(C)c(C)c3c12. The molecule has 3 aromatic carbocycles. The quantitative estimate of drug-likeness (QED) is 0.306. The second kappa shape index (κ2) is 9.25. The van der Waals surface area contributed by atoms with Crippen LogP contribution >= 0.6 is 8.24 Å². The molecule has 4 heteroatoms. The Bertz CT molecular complexity index is 1350. The highest BCUT2D eigenvalue weighted by atomic mass is 31.1. The summed E-state index contributed by atoms with van der Waals surface area (Å²) in [6.07, 6.45) is 6.54. The third kappa shape index (κ3) is 4.16. The number of hydrogen-bond acceptors (Lipinski definition) is 3. The Kier molecular flexibility index (Phi) is 6.19. The first-order valence-corrected chi connectivity index (χ1v) is 12.9. The summed E-state index contributed by atoms with van der Waals surface area (Å²) in [6.45, 7) is 10.5. The number of benzene rings is 3. The highest BCUT2D eigenvalue weighted by Crippen LogP contribution is 2.42. The van der Waals surface area contributed by atoms with Gasteiger partial charge in [0.15, 0.2) is 0 Å². The lowest BCUT2D eigenvalue weighted by molar-refractivity contribution is 0.172. The summed E-state index contributed by atoms with van der Waals surface area (Å²) >= 11 is 0. The van der Waals surface area contributed by atoms with Gasteiger partial charge in [0.1, 0.15) is 11.2 Å². The summed E-state index contributed by atoms with van der Waals surface area (Å²) in [4.78, 5) is 0.